The predicted molar refractivity (Wildman–Crippen MR) is 128 cm³/mol. The van der Waals surface area contributed by atoms with E-state index in [1.807, 2.05) is 0 Å². The largest absolute Gasteiger partial charge is 0.253 e. The molecule has 2 aromatic rings. The Hall–Kier alpha value is -3.26. The summed E-state index contributed by atoms with van der Waals surface area (Å²) in [6, 6.07) is 17.4. The van der Waals surface area contributed by atoms with Gasteiger partial charge < -0.3 is 0 Å². The van der Waals surface area contributed by atoms with Crippen LogP contribution in [0.4, 0.5) is 0 Å². The first kappa shape index (κ1) is 18.7. The number of rotatable bonds is 0. The minimum Gasteiger partial charge on any atom is -0.253 e. The van der Waals surface area contributed by atoms with Crippen molar-refractivity contribution in [3.8, 4) is 0 Å². The highest BCUT2D eigenvalue weighted by Gasteiger charge is 2.30. The number of allylic oxidation sites excluding steroid dienone is 4. The third-order valence-corrected chi connectivity index (χ3v) is 6.45. The lowest BCUT2D eigenvalue weighted by molar-refractivity contribution is 0.721. The number of hydrogen-bond donors (Lipinski definition) is 0. The molecule has 3 heterocycles. The smallest absolute Gasteiger partial charge is 0.0639 e. The maximum absolute atomic E-state index is 4.97. The predicted octanol–water partition coefficient (Wildman–Crippen LogP) is 6.66. The number of nitrogens with zero attached hydrogens (tertiary/aromatic N) is 2. The normalized spacial score (nSPS) is 20.4. The molecular formula is C28H26N2. The summed E-state index contributed by atoms with van der Waals surface area (Å²) in [7, 11) is 0. The van der Waals surface area contributed by atoms with Crippen LogP contribution in [0.25, 0.3) is 12.2 Å². The molecule has 2 aromatic carbocycles. The van der Waals surface area contributed by atoms with Gasteiger partial charge in [0, 0.05) is 10.8 Å². The highest BCUT2D eigenvalue weighted by atomic mass is 14.8. The van der Waals surface area contributed by atoms with Gasteiger partial charge in [-0.2, -0.15) is 0 Å². The van der Waals surface area contributed by atoms with Crippen LogP contribution in [0, 0.1) is 0 Å². The summed E-state index contributed by atoms with van der Waals surface area (Å²) in [4.78, 5) is 9.94. The van der Waals surface area contributed by atoms with Gasteiger partial charge in [-0.1, -0.05) is 76.2 Å². The second-order valence-electron chi connectivity index (χ2n) is 9.30. The monoisotopic (exact) mass is 390 g/mol. The first-order valence-corrected chi connectivity index (χ1v) is 10.5. The van der Waals surface area contributed by atoms with Gasteiger partial charge in [-0.25, -0.2) is 0 Å². The van der Waals surface area contributed by atoms with Crippen LogP contribution in [0.1, 0.15) is 49.9 Å². The summed E-state index contributed by atoms with van der Waals surface area (Å²) >= 11 is 0. The van der Waals surface area contributed by atoms with Gasteiger partial charge in [0.2, 0.25) is 0 Å². The van der Waals surface area contributed by atoms with E-state index in [2.05, 4.69) is 113 Å². The second kappa shape index (κ2) is 6.63. The Bertz CT molecular complexity index is 1130. The Balaban J connectivity index is 1.74. The van der Waals surface area contributed by atoms with Crippen LogP contribution in [0.15, 0.2) is 94.2 Å². The first-order valence-electron chi connectivity index (χ1n) is 10.5. The molecule has 0 spiro atoms. The van der Waals surface area contributed by atoms with Crippen LogP contribution in [-0.4, -0.2) is 11.4 Å². The van der Waals surface area contributed by atoms with E-state index in [-0.39, 0.29) is 10.8 Å². The fourth-order valence-electron chi connectivity index (χ4n) is 4.28. The number of fused-ring (bicyclic) bond motifs is 6. The van der Waals surface area contributed by atoms with E-state index >= 15 is 0 Å². The molecule has 2 heteroatoms. The van der Waals surface area contributed by atoms with Gasteiger partial charge in [-0.3, -0.25) is 9.98 Å². The summed E-state index contributed by atoms with van der Waals surface area (Å²) in [6.45, 7) is 8.96. The van der Waals surface area contributed by atoms with Crippen LogP contribution in [0.3, 0.4) is 0 Å². The topological polar surface area (TPSA) is 24.7 Å². The van der Waals surface area contributed by atoms with E-state index in [1.54, 1.807) is 0 Å². The SMILES string of the molecule is CC1(C)C2=NC(=Cc3cccc(c3)C(C)(C)C3=NC(=Cc4cccc1c4)C=C3)C=C2. The van der Waals surface area contributed by atoms with E-state index in [0.717, 1.165) is 33.9 Å². The third-order valence-electron chi connectivity index (χ3n) is 6.45. The van der Waals surface area contributed by atoms with Crippen molar-refractivity contribution in [1.82, 2.24) is 0 Å². The Morgan fingerprint density at radius 2 is 1.00 bits per heavy atom. The van der Waals surface area contributed by atoms with E-state index in [0.29, 0.717) is 0 Å². The van der Waals surface area contributed by atoms with Crippen molar-refractivity contribution in [2.45, 2.75) is 38.5 Å². The summed E-state index contributed by atoms with van der Waals surface area (Å²) in [5.41, 5.74) is 8.64. The van der Waals surface area contributed by atoms with Gasteiger partial charge in [0.05, 0.1) is 22.8 Å². The zero-order valence-corrected chi connectivity index (χ0v) is 18.0. The maximum atomic E-state index is 4.97. The van der Waals surface area contributed by atoms with E-state index in [1.165, 1.54) is 11.1 Å². The summed E-state index contributed by atoms with van der Waals surface area (Å²) in [6.07, 6.45) is 12.9. The lowest BCUT2D eigenvalue weighted by Gasteiger charge is -2.25. The Morgan fingerprint density at radius 3 is 1.43 bits per heavy atom. The Morgan fingerprint density at radius 1 is 0.567 bits per heavy atom. The molecule has 30 heavy (non-hydrogen) atoms. The second-order valence-corrected chi connectivity index (χ2v) is 9.30. The quantitative estimate of drug-likeness (QED) is 0.480. The highest BCUT2D eigenvalue weighted by Crippen LogP contribution is 2.34. The van der Waals surface area contributed by atoms with Crippen LogP contribution >= 0.6 is 0 Å². The van der Waals surface area contributed by atoms with Crippen LogP contribution < -0.4 is 0 Å². The minimum atomic E-state index is -0.179. The summed E-state index contributed by atoms with van der Waals surface area (Å²) < 4.78 is 0. The number of benzene rings is 2. The first-order chi connectivity index (χ1) is 14.3. The average molecular weight is 391 g/mol. The highest BCUT2D eigenvalue weighted by molar-refractivity contribution is 6.07. The fourth-order valence-corrected chi connectivity index (χ4v) is 4.28. The van der Waals surface area contributed by atoms with Gasteiger partial charge in [0.25, 0.3) is 0 Å². The molecule has 3 aliphatic heterocycles. The van der Waals surface area contributed by atoms with Crippen molar-refractivity contribution < 1.29 is 0 Å². The van der Waals surface area contributed by atoms with Crippen molar-refractivity contribution in [3.63, 3.8) is 0 Å². The third kappa shape index (κ3) is 3.13. The molecule has 0 aliphatic carbocycles. The Kier molecular flexibility index (Phi) is 4.14. The molecule has 2 nitrogen and oxygen atoms in total. The molecule has 3 aliphatic rings. The van der Waals surface area contributed by atoms with Crippen molar-refractivity contribution in [2.24, 2.45) is 9.98 Å². The molecular weight excluding hydrogens is 364 g/mol. The molecule has 8 bridgehead atoms. The van der Waals surface area contributed by atoms with Crippen molar-refractivity contribution in [2.75, 3.05) is 0 Å². The molecule has 0 atom stereocenters. The van der Waals surface area contributed by atoms with Gasteiger partial charge >= 0.3 is 0 Å². The average Bonchev–Trinajstić information content (AvgIpc) is 3.38. The molecule has 0 unspecified atom stereocenters. The van der Waals surface area contributed by atoms with Crippen molar-refractivity contribution in [3.05, 3.63) is 106 Å². The van der Waals surface area contributed by atoms with E-state index in [4.69, 9.17) is 9.98 Å². The molecule has 0 saturated carbocycles. The zero-order valence-electron chi connectivity index (χ0n) is 18.0. The molecule has 0 fully saturated rings. The van der Waals surface area contributed by atoms with Gasteiger partial charge in [-0.05, 0) is 58.7 Å². The number of hydrogen-bond acceptors (Lipinski definition) is 2. The Labute approximate surface area is 178 Å². The lowest BCUT2D eigenvalue weighted by atomic mass is 9.79. The van der Waals surface area contributed by atoms with Crippen LogP contribution in [-0.2, 0) is 10.8 Å². The maximum Gasteiger partial charge on any atom is 0.0639 e. The van der Waals surface area contributed by atoms with E-state index < -0.39 is 0 Å². The summed E-state index contributed by atoms with van der Waals surface area (Å²) in [5.74, 6) is 0. The molecule has 0 saturated heterocycles. The van der Waals surface area contributed by atoms with Crippen molar-refractivity contribution >= 4 is 23.6 Å². The molecule has 5 rings (SSSR count). The summed E-state index contributed by atoms with van der Waals surface area (Å²) in [5, 5.41) is 0. The van der Waals surface area contributed by atoms with Gasteiger partial charge in [-0.15, -0.1) is 0 Å². The lowest BCUT2D eigenvalue weighted by Crippen LogP contribution is -2.27. The fraction of sp³-hybridized carbons (Fsp3) is 0.214. The van der Waals surface area contributed by atoms with Crippen molar-refractivity contribution in [1.29, 1.82) is 0 Å². The minimum absolute atomic E-state index is 0.179. The zero-order chi connectivity index (χ0) is 20.9. The molecule has 0 N–H and O–H groups in total. The molecule has 148 valence electrons. The van der Waals surface area contributed by atoms with E-state index in [9.17, 15) is 0 Å². The molecule has 0 aromatic heterocycles. The van der Waals surface area contributed by atoms with Gasteiger partial charge in [0.15, 0.2) is 0 Å². The van der Waals surface area contributed by atoms with Gasteiger partial charge in [0.1, 0.15) is 0 Å². The molecule has 0 radical (unpaired) electrons. The number of aliphatic imine (C=N–C) groups is 2. The van der Waals surface area contributed by atoms with Crippen LogP contribution in [0.2, 0.25) is 0 Å². The van der Waals surface area contributed by atoms with Crippen LogP contribution in [0.5, 0.6) is 0 Å². The molecule has 0 amide bonds. The standard InChI is InChI=1S/C28H26N2/c1-27(2)21-9-5-7-19(15-21)17-24-12-14-26(30-24)28(3,4)22-10-6-8-20(16-22)18-23-11-13-25(27)29-23/h5-18H,1-4H3.